The van der Waals surface area contributed by atoms with Crippen LogP contribution in [-0.2, 0) is 0 Å². The zero-order chi connectivity index (χ0) is 13.4. The van der Waals surface area contributed by atoms with E-state index in [0.717, 1.165) is 0 Å². The third kappa shape index (κ3) is 1.97. The van der Waals surface area contributed by atoms with E-state index in [1.165, 1.54) is 12.4 Å². The van der Waals surface area contributed by atoms with Gasteiger partial charge in [-0.2, -0.15) is 5.10 Å². The molecule has 2 aromatic heterocycles. The average molecular weight is 258 g/mol. The summed E-state index contributed by atoms with van der Waals surface area (Å²) in [6.07, 6.45) is 3.17. The lowest BCUT2D eigenvalue weighted by atomic mass is 10.2. The molecule has 5 nitrogen and oxygen atoms in total. The fourth-order valence-corrected chi connectivity index (χ4v) is 1.79. The second-order valence-electron chi connectivity index (χ2n) is 4.12. The van der Waals surface area contributed by atoms with E-state index in [1.807, 2.05) is 0 Å². The molecule has 0 fully saturated rings. The van der Waals surface area contributed by atoms with Crippen molar-refractivity contribution < 1.29 is 9.13 Å². The van der Waals surface area contributed by atoms with Crippen LogP contribution in [-0.4, -0.2) is 14.6 Å². The number of aromatic nitrogens is 3. The summed E-state index contributed by atoms with van der Waals surface area (Å²) in [5, 5.41) is 3.98. The Labute approximate surface area is 108 Å². The molecule has 96 valence electrons. The number of anilines is 1. The predicted octanol–water partition coefficient (Wildman–Crippen LogP) is 2.55. The summed E-state index contributed by atoms with van der Waals surface area (Å²) in [5.74, 6) is 0.532. The largest absolute Gasteiger partial charge is 0.457 e. The monoisotopic (exact) mass is 258 g/mol. The highest BCUT2D eigenvalue weighted by atomic mass is 19.1. The second kappa shape index (κ2) is 4.24. The Balaban J connectivity index is 1.98. The SMILES string of the molecule is Cc1c(Oc2ccn3ncnc3c2)ccc(N)c1F. The summed E-state index contributed by atoms with van der Waals surface area (Å²) in [6, 6.07) is 6.57. The molecule has 0 amide bonds. The molecule has 0 atom stereocenters. The maximum atomic E-state index is 13.7. The van der Waals surface area contributed by atoms with Gasteiger partial charge in [0, 0.05) is 17.8 Å². The van der Waals surface area contributed by atoms with Crippen LogP contribution in [0.25, 0.3) is 5.65 Å². The molecule has 0 radical (unpaired) electrons. The number of benzene rings is 1. The van der Waals surface area contributed by atoms with Gasteiger partial charge in [0.25, 0.3) is 0 Å². The van der Waals surface area contributed by atoms with Gasteiger partial charge in [0.05, 0.1) is 5.69 Å². The minimum absolute atomic E-state index is 0.109. The zero-order valence-electron chi connectivity index (χ0n) is 10.2. The first-order valence-corrected chi connectivity index (χ1v) is 5.67. The molecule has 6 heteroatoms. The summed E-state index contributed by atoms with van der Waals surface area (Å²) >= 11 is 0. The molecule has 3 aromatic rings. The Morgan fingerprint density at radius 1 is 1.32 bits per heavy atom. The molecule has 2 heterocycles. The number of nitrogen functional groups attached to an aromatic ring is 1. The van der Waals surface area contributed by atoms with E-state index in [-0.39, 0.29) is 5.69 Å². The average Bonchev–Trinajstić information content (AvgIpc) is 2.87. The molecule has 2 N–H and O–H groups in total. The minimum Gasteiger partial charge on any atom is -0.457 e. The molecule has 0 bridgehead atoms. The first kappa shape index (κ1) is 11.5. The number of pyridine rings is 1. The first-order chi connectivity index (χ1) is 9.15. The van der Waals surface area contributed by atoms with Crippen molar-refractivity contribution in [2.45, 2.75) is 6.92 Å². The van der Waals surface area contributed by atoms with Gasteiger partial charge in [-0.25, -0.2) is 13.9 Å². The van der Waals surface area contributed by atoms with Crippen LogP contribution in [0, 0.1) is 12.7 Å². The number of ether oxygens (including phenoxy) is 1. The van der Waals surface area contributed by atoms with Gasteiger partial charge in [0.1, 0.15) is 17.8 Å². The van der Waals surface area contributed by atoms with Crippen LogP contribution in [0.5, 0.6) is 11.5 Å². The standard InChI is InChI=1S/C13H11FN4O/c1-8-11(3-2-10(15)13(8)14)19-9-4-5-18-12(6-9)16-7-17-18/h2-7H,15H2,1H3. The van der Waals surface area contributed by atoms with Gasteiger partial charge in [-0.1, -0.05) is 0 Å². The van der Waals surface area contributed by atoms with Gasteiger partial charge in [-0.3, -0.25) is 0 Å². The Morgan fingerprint density at radius 2 is 2.16 bits per heavy atom. The summed E-state index contributed by atoms with van der Waals surface area (Å²) in [4.78, 5) is 4.05. The molecular weight excluding hydrogens is 247 g/mol. The molecular formula is C13H11FN4O. The second-order valence-corrected chi connectivity index (χ2v) is 4.12. The number of rotatable bonds is 2. The van der Waals surface area contributed by atoms with Crippen LogP contribution in [0.3, 0.4) is 0 Å². The maximum absolute atomic E-state index is 13.7. The van der Waals surface area contributed by atoms with Crippen molar-refractivity contribution in [2.24, 2.45) is 0 Å². The number of nitrogens with zero attached hydrogens (tertiary/aromatic N) is 3. The van der Waals surface area contributed by atoms with Crippen molar-refractivity contribution in [3.63, 3.8) is 0 Å². The molecule has 0 aliphatic heterocycles. The fraction of sp³-hybridized carbons (Fsp3) is 0.0769. The van der Waals surface area contributed by atoms with Crippen LogP contribution in [0.1, 0.15) is 5.56 Å². The highest BCUT2D eigenvalue weighted by Crippen LogP contribution is 2.29. The molecule has 0 aliphatic carbocycles. The van der Waals surface area contributed by atoms with Crippen molar-refractivity contribution in [1.29, 1.82) is 0 Å². The van der Waals surface area contributed by atoms with Gasteiger partial charge in [0.2, 0.25) is 0 Å². The van der Waals surface area contributed by atoms with Crippen LogP contribution in [0.15, 0.2) is 36.8 Å². The molecule has 0 aliphatic rings. The number of halogens is 1. The molecule has 1 aromatic carbocycles. The Bertz CT molecular complexity index is 753. The summed E-state index contributed by atoms with van der Waals surface area (Å²) in [6.45, 7) is 1.62. The van der Waals surface area contributed by atoms with Gasteiger partial charge in [-0.05, 0) is 25.1 Å². The highest BCUT2D eigenvalue weighted by molar-refractivity contribution is 5.51. The molecule has 0 saturated carbocycles. The third-order valence-corrected chi connectivity index (χ3v) is 2.85. The Hall–Kier alpha value is -2.63. The van der Waals surface area contributed by atoms with E-state index in [9.17, 15) is 4.39 Å². The van der Waals surface area contributed by atoms with Crippen LogP contribution < -0.4 is 10.5 Å². The number of hydrogen-bond acceptors (Lipinski definition) is 4. The third-order valence-electron chi connectivity index (χ3n) is 2.85. The smallest absolute Gasteiger partial charge is 0.158 e. The quantitative estimate of drug-likeness (QED) is 0.717. The Kier molecular flexibility index (Phi) is 2.56. The summed E-state index contributed by atoms with van der Waals surface area (Å²) in [5.41, 5.74) is 6.63. The zero-order valence-corrected chi connectivity index (χ0v) is 10.2. The summed E-state index contributed by atoms with van der Waals surface area (Å²) < 4.78 is 20.9. The lowest BCUT2D eigenvalue weighted by molar-refractivity contribution is 0.471. The van der Waals surface area contributed by atoms with E-state index in [1.54, 1.807) is 35.8 Å². The molecule has 0 unspecified atom stereocenters. The first-order valence-electron chi connectivity index (χ1n) is 5.67. The van der Waals surface area contributed by atoms with Crippen LogP contribution in [0.4, 0.5) is 10.1 Å². The summed E-state index contributed by atoms with van der Waals surface area (Å²) in [7, 11) is 0. The van der Waals surface area contributed by atoms with E-state index >= 15 is 0 Å². The lowest BCUT2D eigenvalue weighted by Crippen LogP contribution is -1.97. The highest BCUT2D eigenvalue weighted by Gasteiger charge is 2.10. The van der Waals surface area contributed by atoms with E-state index in [4.69, 9.17) is 10.5 Å². The molecule has 0 saturated heterocycles. The number of hydrogen-bond donors (Lipinski definition) is 1. The van der Waals surface area contributed by atoms with E-state index in [0.29, 0.717) is 22.7 Å². The molecule has 3 rings (SSSR count). The normalized spacial score (nSPS) is 10.8. The Morgan fingerprint density at radius 3 is 3.00 bits per heavy atom. The van der Waals surface area contributed by atoms with Crippen molar-refractivity contribution in [1.82, 2.24) is 14.6 Å². The number of fused-ring (bicyclic) bond motifs is 1. The van der Waals surface area contributed by atoms with Crippen molar-refractivity contribution in [2.75, 3.05) is 5.73 Å². The fourth-order valence-electron chi connectivity index (χ4n) is 1.79. The van der Waals surface area contributed by atoms with Gasteiger partial charge >= 0.3 is 0 Å². The molecule has 19 heavy (non-hydrogen) atoms. The van der Waals surface area contributed by atoms with Crippen LogP contribution >= 0.6 is 0 Å². The van der Waals surface area contributed by atoms with Gasteiger partial charge in [0.15, 0.2) is 11.5 Å². The van der Waals surface area contributed by atoms with E-state index in [2.05, 4.69) is 10.1 Å². The van der Waals surface area contributed by atoms with Crippen molar-refractivity contribution in [3.8, 4) is 11.5 Å². The topological polar surface area (TPSA) is 65.4 Å². The van der Waals surface area contributed by atoms with Crippen molar-refractivity contribution in [3.05, 3.63) is 48.2 Å². The lowest BCUT2D eigenvalue weighted by Gasteiger charge is -2.10. The molecule has 0 spiro atoms. The van der Waals surface area contributed by atoms with Gasteiger partial charge < -0.3 is 10.5 Å². The van der Waals surface area contributed by atoms with E-state index < -0.39 is 5.82 Å². The number of nitrogens with two attached hydrogens (primary N) is 1. The maximum Gasteiger partial charge on any atom is 0.158 e. The van der Waals surface area contributed by atoms with Gasteiger partial charge in [-0.15, -0.1) is 0 Å². The predicted molar refractivity (Wildman–Crippen MR) is 68.6 cm³/mol. The minimum atomic E-state index is -0.457. The van der Waals surface area contributed by atoms with Crippen LogP contribution in [0.2, 0.25) is 0 Å². The van der Waals surface area contributed by atoms with Crippen molar-refractivity contribution >= 4 is 11.3 Å².